The third kappa shape index (κ3) is 4.21. The average molecular weight is 497 g/mol. The van der Waals surface area contributed by atoms with Crippen molar-refractivity contribution in [1.29, 1.82) is 0 Å². The second kappa shape index (κ2) is 8.96. The zero-order valence-corrected chi connectivity index (χ0v) is 18.7. The van der Waals surface area contributed by atoms with E-state index in [9.17, 15) is 34.4 Å². The van der Waals surface area contributed by atoms with Gasteiger partial charge in [-0.05, 0) is 25.5 Å². The summed E-state index contributed by atoms with van der Waals surface area (Å²) in [5.41, 5.74) is 0.847. The van der Waals surface area contributed by atoms with Gasteiger partial charge in [-0.3, -0.25) is 0 Å². The topological polar surface area (TPSA) is 84.0 Å². The van der Waals surface area contributed by atoms with Gasteiger partial charge in [-0.2, -0.15) is 17.4 Å². The Hall–Kier alpha value is -2.22. The molecule has 0 spiro atoms. The van der Waals surface area contributed by atoms with Crippen molar-refractivity contribution < 1.29 is 39.1 Å². The van der Waals surface area contributed by atoms with Crippen LogP contribution < -0.4 is 4.74 Å². The Balaban J connectivity index is 1.92. The summed E-state index contributed by atoms with van der Waals surface area (Å²) in [5.74, 6) is -9.58. The average Bonchev–Trinajstić information content (AvgIpc) is 3.01. The van der Waals surface area contributed by atoms with Crippen LogP contribution in [0.15, 0.2) is 34.1 Å². The summed E-state index contributed by atoms with van der Waals surface area (Å²) in [6.45, 7) is 0.629. The lowest BCUT2D eigenvalue weighted by molar-refractivity contribution is 0.319. The first kappa shape index (κ1) is 24.4. The molecule has 0 bridgehead atoms. The Bertz CT molecular complexity index is 1210. The van der Waals surface area contributed by atoms with Crippen molar-refractivity contribution in [2.75, 3.05) is 33.3 Å². The molecule has 32 heavy (non-hydrogen) atoms. The molecule has 0 unspecified atom stereocenters. The van der Waals surface area contributed by atoms with E-state index in [-0.39, 0.29) is 31.0 Å². The highest BCUT2D eigenvalue weighted by Gasteiger charge is 2.39. The van der Waals surface area contributed by atoms with Gasteiger partial charge in [-0.25, -0.2) is 25.6 Å². The summed E-state index contributed by atoms with van der Waals surface area (Å²) in [6, 6.07) is 6.05. The lowest BCUT2D eigenvalue weighted by Gasteiger charge is -2.22. The Labute approximate surface area is 183 Å². The summed E-state index contributed by atoms with van der Waals surface area (Å²) >= 11 is 0. The standard InChI is InChI=1S/C19H20F4N2O5S2/c1-12-4-6-13(7-5-12)31(26,27)24-8-3-9-25(11-10-24)32(28,29)19-16(22)14(20)18(30-2)15(21)17(19)23/h4-7H,3,8-11H2,1-2H3. The molecule has 3 rings (SSSR count). The van der Waals surface area contributed by atoms with E-state index < -0.39 is 60.5 Å². The molecule has 0 atom stereocenters. The largest absolute Gasteiger partial charge is 0.491 e. The molecule has 2 aromatic rings. The van der Waals surface area contributed by atoms with Crippen LogP contribution in [0.3, 0.4) is 0 Å². The summed E-state index contributed by atoms with van der Waals surface area (Å²) in [6.07, 6.45) is -0.00528. The SMILES string of the molecule is COc1c(F)c(F)c(S(=O)(=O)N2CCCN(S(=O)(=O)c3ccc(C)cc3)CC2)c(F)c1F. The van der Waals surface area contributed by atoms with Crippen molar-refractivity contribution in [3.05, 3.63) is 53.1 Å². The van der Waals surface area contributed by atoms with Gasteiger partial charge >= 0.3 is 0 Å². The molecular formula is C19H20F4N2O5S2. The van der Waals surface area contributed by atoms with Gasteiger partial charge in [0.1, 0.15) is 0 Å². The molecule has 0 amide bonds. The van der Waals surface area contributed by atoms with Crippen LogP contribution in [-0.4, -0.2) is 58.7 Å². The number of rotatable bonds is 5. The van der Waals surface area contributed by atoms with E-state index in [0.717, 1.165) is 17.0 Å². The molecule has 1 saturated heterocycles. The Kier molecular flexibility index (Phi) is 6.84. The van der Waals surface area contributed by atoms with Crippen LogP contribution in [0.4, 0.5) is 17.6 Å². The molecule has 7 nitrogen and oxygen atoms in total. The molecule has 1 heterocycles. The van der Waals surface area contributed by atoms with Crippen LogP contribution in [0.5, 0.6) is 5.75 Å². The minimum Gasteiger partial charge on any atom is -0.491 e. The second-order valence-corrected chi connectivity index (χ2v) is 10.9. The van der Waals surface area contributed by atoms with Crippen molar-refractivity contribution in [2.24, 2.45) is 0 Å². The van der Waals surface area contributed by atoms with Crippen LogP contribution in [-0.2, 0) is 20.0 Å². The molecule has 1 aliphatic rings. The number of halogens is 4. The van der Waals surface area contributed by atoms with E-state index in [1.807, 2.05) is 0 Å². The molecule has 176 valence electrons. The van der Waals surface area contributed by atoms with E-state index in [0.29, 0.717) is 4.31 Å². The number of ether oxygens (including phenoxy) is 1. The van der Waals surface area contributed by atoms with Crippen molar-refractivity contribution in [3.63, 3.8) is 0 Å². The van der Waals surface area contributed by atoms with E-state index in [1.54, 1.807) is 19.1 Å². The predicted molar refractivity (Wildman–Crippen MR) is 106 cm³/mol. The highest BCUT2D eigenvalue weighted by Crippen LogP contribution is 2.34. The molecule has 0 radical (unpaired) electrons. The number of sulfonamides is 2. The fourth-order valence-electron chi connectivity index (χ4n) is 3.34. The molecule has 1 fully saturated rings. The van der Waals surface area contributed by atoms with E-state index in [1.165, 1.54) is 12.1 Å². The highest BCUT2D eigenvalue weighted by atomic mass is 32.2. The second-order valence-electron chi connectivity index (χ2n) is 7.09. The van der Waals surface area contributed by atoms with Gasteiger partial charge in [-0.15, -0.1) is 0 Å². The van der Waals surface area contributed by atoms with Crippen LogP contribution in [0, 0.1) is 30.2 Å². The van der Waals surface area contributed by atoms with Crippen LogP contribution >= 0.6 is 0 Å². The predicted octanol–water partition coefficient (Wildman–Crippen LogP) is 2.65. The molecule has 0 N–H and O–H groups in total. The first-order valence-electron chi connectivity index (χ1n) is 9.39. The van der Waals surface area contributed by atoms with Gasteiger partial charge in [-0.1, -0.05) is 17.7 Å². The molecule has 0 saturated carbocycles. The summed E-state index contributed by atoms with van der Waals surface area (Å²) < 4.78 is 114. The van der Waals surface area contributed by atoms with Crippen LogP contribution in [0.2, 0.25) is 0 Å². The van der Waals surface area contributed by atoms with Crippen molar-refractivity contribution in [2.45, 2.75) is 23.1 Å². The van der Waals surface area contributed by atoms with Gasteiger partial charge < -0.3 is 4.74 Å². The zero-order valence-electron chi connectivity index (χ0n) is 17.1. The van der Waals surface area contributed by atoms with Gasteiger partial charge in [0.2, 0.25) is 31.7 Å². The van der Waals surface area contributed by atoms with Gasteiger partial charge in [0.25, 0.3) is 0 Å². The maximum absolute atomic E-state index is 14.4. The molecular weight excluding hydrogens is 476 g/mol. The quantitative estimate of drug-likeness (QED) is 0.470. The van der Waals surface area contributed by atoms with Gasteiger partial charge in [0.05, 0.1) is 12.0 Å². The first-order valence-corrected chi connectivity index (χ1v) is 12.3. The summed E-state index contributed by atoms with van der Waals surface area (Å²) in [5, 5.41) is 0. The summed E-state index contributed by atoms with van der Waals surface area (Å²) in [7, 11) is -8.21. The van der Waals surface area contributed by atoms with Gasteiger partial charge in [0.15, 0.2) is 22.3 Å². The van der Waals surface area contributed by atoms with Crippen molar-refractivity contribution in [1.82, 2.24) is 8.61 Å². The number of benzene rings is 2. The Morgan fingerprint density at radius 2 is 1.22 bits per heavy atom. The van der Waals surface area contributed by atoms with Crippen LogP contribution in [0.1, 0.15) is 12.0 Å². The zero-order chi connectivity index (χ0) is 23.8. The molecule has 1 aliphatic heterocycles. The number of hydrogen-bond acceptors (Lipinski definition) is 5. The third-order valence-electron chi connectivity index (χ3n) is 5.06. The monoisotopic (exact) mass is 496 g/mol. The summed E-state index contributed by atoms with van der Waals surface area (Å²) in [4.78, 5) is -1.78. The number of hydrogen-bond donors (Lipinski definition) is 0. The fraction of sp³-hybridized carbons (Fsp3) is 0.368. The highest BCUT2D eigenvalue weighted by molar-refractivity contribution is 7.89. The molecule has 13 heteroatoms. The Morgan fingerprint density at radius 3 is 1.69 bits per heavy atom. The number of methoxy groups -OCH3 is 1. The Morgan fingerprint density at radius 1 is 0.750 bits per heavy atom. The van der Waals surface area contributed by atoms with E-state index in [2.05, 4.69) is 4.74 Å². The maximum atomic E-state index is 14.4. The van der Waals surface area contributed by atoms with E-state index >= 15 is 0 Å². The minimum atomic E-state index is -5.03. The normalized spacial score (nSPS) is 16.7. The van der Waals surface area contributed by atoms with Crippen LogP contribution in [0.25, 0.3) is 0 Å². The lowest BCUT2D eigenvalue weighted by atomic mass is 10.2. The number of aryl methyl sites for hydroxylation is 1. The third-order valence-corrected chi connectivity index (χ3v) is 8.89. The van der Waals surface area contributed by atoms with E-state index in [4.69, 9.17) is 0 Å². The van der Waals surface area contributed by atoms with Crippen molar-refractivity contribution in [3.8, 4) is 5.75 Å². The first-order chi connectivity index (χ1) is 14.9. The smallest absolute Gasteiger partial charge is 0.249 e. The van der Waals surface area contributed by atoms with Crippen molar-refractivity contribution >= 4 is 20.0 Å². The lowest BCUT2D eigenvalue weighted by Crippen LogP contribution is -2.38. The number of nitrogens with zero attached hydrogens (tertiary/aromatic N) is 2. The molecule has 0 aromatic heterocycles. The minimum absolute atomic E-state index is 0.00528. The molecule has 2 aromatic carbocycles. The maximum Gasteiger partial charge on any atom is 0.249 e. The van der Waals surface area contributed by atoms with Gasteiger partial charge in [0, 0.05) is 26.2 Å². The molecule has 0 aliphatic carbocycles. The fourth-order valence-corrected chi connectivity index (χ4v) is 6.39.